The Kier molecular flexibility index (Phi) is 5.36. The number of alkyl halides is 2. The molecule has 0 bridgehead atoms. The van der Waals surface area contributed by atoms with Crippen LogP contribution in [0.3, 0.4) is 0 Å². The second-order valence-corrected chi connectivity index (χ2v) is 7.28. The van der Waals surface area contributed by atoms with Gasteiger partial charge in [0.25, 0.3) is 16.4 Å². The fraction of sp³-hybridized carbons (Fsp3) is 0.176. The molecule has 27 heavy (non-hydrogen) atoms. The zero-order valence-electron chi connectivity index (χ0n) is 14.2. The minimum atomic E-state index is -3.82. The highest BCUT2D eigenvalue weighted by molar-refractivity contribution is 7.92. The Balaban J connectivity index is 1.70. The van der Waals surface area contributed by atoms with E-state index < -0.39 is 23.1 Å². The first-order chi connectivity index (χ1) is 12.8. The minimum absolute atomic E-state index is 0.0117. The molecule has 0 aliphatic carbocycles. The first-order valence-corrected chi connectivity index (χ1v) is 9.32. The summed E-state index contributed by atoms with van der Waals surface area (Å²) in [6.07, 6.45) is -1.03. The Morgan fingerprint density at radius 3 is 2.33 bits per heavy atom. The van der Waals surface area contributed by atoms with Crippen LogP contribution in [0, 0.1) is 0 Å². The molecular weight excluding hydrogens is 378 g/mol. The molecule has 10 heteroatoms. The second-order valence-electron chi connectivity index (χ2n) is 5.60. The van der Waals surface area contributed by atoms with E-state index >= 15 is 0 Å². The third kappa shape index (κ3) is 4.79. The lowest BCUT2D eigenvalue weighted by atomic mass is 10.2. The van der Waals surface area contributed by atoms with Gasteiger partial charge in [0, 0.05) is 18.3 Å². The average molecular weight is 394 g/mol. The normalized spacial score (nSPS) is 11.6. The lowest BCUT2D eigenvalue weighted by Gasteiger charge is -2.10. The van der Waals surface area contributed by atoms with Crippen molar-refractivity contribution >= 4 is 15.7 Å². The van der Waals surface area contributed by atoms with Crippen LogP contribution in [0.2, 0.25) is 0 Å². The maximum atomic E-state index is 12.4. The Morgan fingerprint density at radius 1 is 1.11 bits per heavy atom. The van der Waals surface area contributed by atoms with Gasteiger partial charge < -0.3 is 4.74 Å². The number of sulfonamides is 1. The highest BCUT2D eigenvalue weighted by atomic mass is 32.2. The van der Waals surface area contributed by atoms with Gasteiger partial charge in [-0.05, 0) is 48.5 Å². The first-order valence-electron chi connectivity index (χ1n) is 7.83. The summed E-state index contributed by atoms with van der Waals surface area (Å²) in [7, 11) is -2.07. The molecule has 0 spiro atoms. The molecule has 7 nitrogen and oxygen atoms in total. The molecule has 1 heterocycles. The van der Waals surface area contributed by atoms with Gasteiger partial charge in [0.15, 0.2) is 5.82 Å². The van der Waals surface area contributed by atoms with E-state index in [1.165, 1.54) is 24.3 Å². The maximum Gasteiger partial charge on any atom is 0.272 e. The summed E-state index contributed by atoms with van der Waals surface area (Å²) in [6, 6.07) is 11.8. The van der Waals surface area contributed by atoms with Crippen LogP contribution in [0.25, 0.3) is 11.4 Å². The molecular formula is C17H16F2N4O3S. The molecule has 0 saturated carbocycles. The molecule has 0 fully saturated rings. The van der Waals surface area contributed by atoms with Crippen LogP contribution in [0.4, 0.5) is 14.5 Å². The lowest BCUT2D eigenvalue weighted by Crippen LogP contribution is -2.13. The average Bonchev–Trinajstić information content (AvgIpc) is 3.07. The van der Waals surface area contributed by atoms with Gasteiger partial charge in [-0.15, -0.1) is 0 Å². The van der Waals surface area contributed by atoms with Crippen LogP contribution in [0.1, 0.15) is 0 Å². The van der Waals surface area contributed by atoms with E-state index in [0.29, 0.717) is 11.5 Å². The Morgan fingerprint density at radius 2 is 1.78 bits per heavy atom. The second kappa shape index (κ2) is 7.70. The summed E-state index contributed by atoms with van der Waals surface area (Å²) in [5.74, 6) is 0.702. The van der Waals surface area contributed by atoms with Gasteiger partial charge >= 0.3 is 0 Å². The molecule has 0 saturated heterocycles. The van der Waals surface area contributed by atoms with E-state index in [2.05, 4.69) is 14.8 Å². The summed E-state index contributed by atoms with van der Waals surface area (Å²) in [6.45, 7) is -0.748. The summed E-state index contributed by atoms with van der Waals surface area (Å²) in [4.78, 5) is 4.11. The fourth-order valence-corrected chi connectivity index (χ4v) is 3.31. The van der Waals surface area contributed by atoms with Gasteiger partial charge in [-0.3, -0.25) is 9.40 Å². The Labute approximate surface area is 154 Å². The van der Waals surface area contributed by atoms with Crippen LogP contribution in [-0.2, 0) is 17.1 Å². The monoisotopic (exact) mass is 394 g/mol. The molecule has 0 unspecified atom stereocenters. The van der Waals surface area contributed by atoms with E-state index in [-0.39, 0.29) is 10.6 Å². The van der Waals surface area contributed by atoms with Gasteiger partial charge in [0.2, 0.25) is 0 Å². The third-order valence-corrected chi connectivity index (χ3v) is 4.90. The number of hydrogen-bond donors (Lipinski definition) is 1. The van der Waals surface area contributed by atoms with Crippen molar-refractivity contribution in [2.45, 2.75) is 11.3 Å². The van der Waals surface area contributed by atoms with Gasteiger partial charge in [0.1, 0.15) is 18.7 Å². The highest BCUT2D eigenvalue weighted by Gasteiger charge is 2.15. The number of nitrogens with one attached hydrogen (secondary N) is 1. The predicted molar refractivity (Wildman–Crippen MR) is 95.2 cm³/mol. The zero-order valence-corrected chi connectivity index (χ0v) is 15.0. The summed E-state index contributed by atoms with van der Waals surface area (Å²) in [5, 5.41) is 4.18. The number of halogens is 2. The molecule has 0 amide bonds. The SMILES string of the molecule is Cn1cnc(-c2ccc(NS(=O)(=O)c3ccc(OCC(F)F)cc3)cc2)n1. The van der Waals surface area contributed by atoms with Gasteiger partial charge in [-0.25, -0.2) is 22.2 Å². The van der Waals surface area contributed by atoms with E-state index in [1.807, 2.05) is 0 Å². The van der Waals surface area contributed by atoms with Crippen molar-refractivity contribution in [2.75, 3.05) is 11.3 Å². The van der Waals surface area contributed by atoms with Crippen molar-refractivity contribution in [1.29, 1.82) is 0 Å². The minimum Gasteiger partial charge on any atom is -0.488 e. The number of ether oxygens (including phenoxy) is 1. The Bertz CT molecular complexity index is 1000. The lowest BCUT2D eigenvalue weighted by molar-refractivity contribution is 0.0819. The standard InChI is InChI=1S/C17H16F2N4O3S/c1-23-11-20-17(21-23)12-2-4-13(5-3-12)22-27(24,25)15-8-6-14(7-9-15)26-10-16(18)19/h2-9,11,16,22H,10H2,1H3. The highest BCUT2D eigenvalue weighted by Crippen LogP contribution is 2.22. The quantitative estimate of drug-likeness (QED) is 0.666. The van der Waals surface area contributed by atoms with Gasteiger partial charge in [-0.2, -0.15) is 5.10 Å². The first kappa shape index (κ1) is 18.8. The maximum absolute atomic E-state index is 12.4. The molecule has 0 radical (unpaired) electrons. The van der Waals surface area contributed by atoms with Crippen LogP contribution in [0.5, 0.6) is 5.75 Å². The smallest absolute Gasteiger partial charge is 0.272 e. The molecule has 3 rings (SSSR count). The van der Waals surface area contributed by atoms with E-state index in [0.717, 1.165) is 5.56 Å². The molecule has 0 atom stereocenters. The molecule has 3 aromatic rings. The third-order valence-electron chi connectivity index (χ3n) is 3.50. The van der Waals surface area contributed by atoms with Crippen molar-refractivity contribution < 1.29 is 21.9 Å². The van der Waals surface area contributed by atoms with Crippen LogP contribution in [-0.4, -0.2) is 36.2 Å². The van der Waals surface area contributed by atoms with Crippen molar-refractivity contribution in [3.63, 3.8) is 0 Å². The number of aromatic nitrogens is 3. The van der Waals surface area contributed by atoms with Crippen LogP contribution >= 0.6 is 0 Å². The van der Waals surface area contributed by atoms with E-state index in [1.54, 1.807) is 42.3 Å². The molecule has 1 N–H and O–H groups in total. The fourth-order valence-electron chi connectivity index (χ4n) is 2.25. The molecule has 0 aliphatic heterocycles. The number of benzene rings is 2. The number of hydrogen-bond acceptors (Lipinski definition) is 5. The number of rotatable bonds is 7. The molecule has 2 aromatic carbocycles. The zero-order chi connectivity index (χ0) is 19.4. The molecule has 142 valence electrons. The van der Waals surface area contributed by atoms with E-state index in [4.69, 9.17) is 4.74 Å². The largest absolute Gasteiger partial charge is 0.488 e. The molecule has 0 aliphatic rings. The summed E-state index contributed by atoms with van der Waals surface area (Å²) >= 11 is 0. The topological polar surface area (TPSA) is 86.1 Å². The van der Waals surface area contributed by atoms with Crippen molar-refractivity contribution in [2.24, 2.45) is 7.05 Å². The van der Waals surface area contributed by atoms with Crippen LogP contribution in [0.15, 0.2) is 59.8 Å². The van der Waals surface area contributed by atoms with E-state index in [9.17, 15) is 17.2 Å². The molecule has 1 aromatic heterocycles. The van der Waals surface area contributed by atoms with Gasteiger partial charge in [-0.1, -0.05) is 0 Å². The van der Waals surface area contributed by atoms with Gasteiger partial charge in [0.05, 0.1) is 4.90 Å². The van der Waals surface area contributed by atoms with Crippen molar-refractivity contribution in [1.82, 2.24) is 14.8 Å². The summed E-state index contributed by atoms with van der Waals surface area (Å²) in [5.41, 5.74) is 1.12. The number of anilines is 1. The summed E-state index contributed by atoms with van der Waals surface area (Å²) < 4.78 is 58.0. The predicted octanol–water partition coefficient (Wildman–Crippen LogP) is 2.93. The van der Waals surface area contributed by atoms with Crippen molar-refractivity contribution in [3.05, 3.63) is 54.9 Å². The van der Waals surface area contributed by atoms with Crippen molar-refractivity contribution in [3.8, 4) is 17.1 Å². The van der Waals surface area contributed by atoms with Crippen LogP contribution < -0.4 is 9.46 Å². The number of aryl methyl sites for hydroxylation is 1. The number of nitrogens with zero attached hydrogens (tertiary/aromatic N) is 3. The Hall–Kier alpha value is -3.01.